The third-order valence-electron chi connectivity index (χ3n) is 3.92. The second kappa shape index (κ2) is 9.10. The molecule has 0 atom stereocenters. The van der Waals surface area contributed by atoms with Gasteiger partial charge in [-0.1, -0.05) is 12.1 Å². The summed E-state index contributed by atoms with van der Waals surface area (Å²) in [5.41, 5.74) is 1.64. The van der Waals surface area contributed by atoms with Gasteiger partial charge in [-0.25, -0.2) is 12.8 Å². The standard InChI is InChI=1S/C21H19FN2O4S2/c1-28-19-13-16(7-10-18(19)24-30(2,26)27)23-21(25)12-9-17-8-11-20(29-17)14-3-5-15(22)6-4-14/h3-13,24H,1-2H3,(H,23,25)/b12-9+. The van der Waals surface area contributed by atoms with Crippen LogP contribution in [0.3, 0.4) is 0 Å². The molecule has 0 aliphatic heterocycles. The average molecular weight is 447 g/mol. The Morgan fingerprint density at radius 3 is 2.50 bits per heavy atom. The fraction of sp³-hybridized carbons (Fsp3) is 0.0952. The third kappa shape index (κ3) is 5.91. The molecule has 0 fully saturated rings. The summed E-state index contributed by atoms with van der Waals surface area (Å²) in [6.07, 6.45) is 4.12. The first-order chi connectivity index (χ1) is 14.2. The highest BCUT2D eigenvalue weighted by Crippen LogP contribution is 2.30. The average Bonchev–Trinajstić information content (AvgIpc) is 3.16. The predicted octanol–water partition coefficient (Wildman–Crippen LogP) is 4.59. The molecule has 156 valence electrons. The Kier molecular flexibility index (Phi) is 6.53. The summed E-state index contributed by atoms with van der Waals surface area (Å²) >= 11 is 1.48. The van der Waals surface area contributed by atoms with Crippen molar-refractivity contribution >= 4 is 44.7 Å². The summed E-state index contributed by atoms with van der Waals surface area (Å²) in [4.78, 5) is 14.1. The monoisotopic (exact) mass is 446 g/mol. The summed E-state index contributed by atoms with van der Waals surface area (Å²) in [6, 6.07) is 14.6. The minimum absolute atomic E-state index is 0.278. The maximum absolute atomic E-state index is 13.0. The first kappa shape index (κ1) is 21.5. The zero-order valence-electron chi connectivity index (χ0n) is 16.2. The van der Waals surface area contributed by atoms with E-state index in [0.29, 0.717) is 5.69 Å². The number of hydrogen-bond acceptors (Lipinski definition) is 5. The number of amides is 1. The van der Waals surface area contributed by atoms with Crippen molar-refractivity contribution in [1.82, 2.24) is 0 Å². The van der Waals surface area contributed by atoms with E-state index < -0.39 is 10.0 Å². The van der Waals surface area contributed by atoms with E-state index in [4.69, 9.17) is 4.74 Å². The van der Waals surface area contributed by atoms with Gasteiger partial charge in [0, 0.05) is 27.6 Å². The summed E-state index contributed by atoms with van der Waals surface area (Å²) < 4.78 is 43.4. The minimum Gasteiger partial charge on any atom is -0.494 e. The normalized spacial score (nSPS) is 11.4. The molecule has 0 aliphatic carbocycles. The lowest BCUT2D eigenvalue weighted by atomic mass is 10.2. The van der Waals surface area contributed by atoms with Crippen LogP contribution in [0.2, 0.25) is 0 Å². The van der Waals surface area contributed by atoms with Crippen LogP contribution < -0.4 is 14.8 Å². The number of hydrogen-bond donors (Lipinski definition) is 2. The molecule has 0 bridgehead atoms. The number of halogens is 1. The molecule has 6 nitrogen and oxygen atoms in total. The molecule has 0 unspecified atom stereocenters. The van der Waals surface area contributed by atoms with Gasteiger partial charge in [0.1, 0.15) is 11.6 Å². The highest BCUT2D eigenvalue weighted by Gasteiger charge is 2.10. The molecule has 2 aromatic carbocycles. The number of methoxy groups -OCH3 is 1. The molecule has 1 heterocycles. The van der Waals surface area contributed by atoms with E-state index in [1.54, 1.807) is 24.3 Å². The first-order valence-electron chi connectivity index (χ1n) is 8.74. The molecule has 0 radical (unpaired) electrons. The number of carbonyl (C=O) groups excluding carboxylic acids is 1. The molecule has 0 saturated carbocycles. The van der Waals surface area contributed by atoms with Crippen LogP contribution in [-0.4, -0.2) is 27.7 Å². The molecule has 1 amide bonds. The molecule has 9 heteroatoms. The van der Waals surface area contributed by atoms with Crippen LogP contribution in [-0.2, 0) is 14.8 Å². The molecule has 3 rings (SSSR count). The van der Waals surface area contributed by atoms with Crippen LogP contribution in [0.15, 0.2) is 60.7 Å². The predicted molar refractivity (Wildman–Crippen MR) is 119 cm³/mol. The highest BCUT2D eigenvalue weighted by atomic mass is 32.2. The summed E-state index contributed by atoms with van der Waals surface area (Å²) in [7, 11) is -2.04. The van der Waals surface area contributed by atoms with Gasteiger partial charge in [-0.05, 0) is 48.0 Å². The second-order valence-corrected chi connectivity index (χ2v) is 9.18. The Morgan fingerprint density at radius 1 is 1.10 bits per heavy atom. The van der Waals surface area contributed by atoms with E-state index in [2.05, 4.69) is 10.0 Å². The van der Waals surface area contributed by atoms with Gasteiger partial charge < -0.3 is 10.1 Å². The molecule has 30 heavy (non-hydrogen) atoms. The van der Waals surface area contributed by atoms with E-state index in [9.17, 15) is 17.6 Å². The Morgan fingerprint density at radius 2 is 1.83 bits per heavy atom. The SMILES string of the molecule is COc1cc(NC(=O)/C=C/c2ccc(-c3ccc(F)cc3)s2)ccc1NS(C)(=O)=O. The van der Waals surface area contributed by atoms with Crippen molar-refractivity contribution in [2.75, 3.05) is 23.4 Å². The molecular formula is C21H19FN2O4S2. The molecule has 3 aromatic rings. The Hall–Kier alpha value is -3.17. The number of sulfonamides is 1. The third-order valence-corrected chi connectivity index (χ3v) is 5.61. The Labute approximate surface area is 178 Å². The number of carbonyl (C=O) groups is 1. The molecule has 1 aromatic heterocycles. The van der Waals surface area contributed by atoms with E-state index >= 15 is 0 Å². The van der Waals surface area contributed by atoms with Crippen LogP contribution in [0, 0.1) is 5.82 Å². The van der Waals surface area contributed by atoms with Gasteiger partial charge in [-0.2, -0.15) is 0 Å². The van der Waals surface area contributed by atoms with Crippen molar-refractivity contribution < 1.29 is 22.3 Å². The maximum atomic E-state index is 13.0. The minimum atomic E-state index is -3.45. The molecule has 0 aliphatic rings. The molecule has 2 N–H and O–H groups in total. The summed E-state index contributed by atoms with van der Waals surface area (Å²) in [5.74, 6) is -0.356. The van der Waals surface area contributed by atoms with E-state index in [-0.39, 0.29) is 23.2 Å². The van der Waals surface area contributed by atoms with Crippen molar-refractivity contribution in [2.24, 2.45) is 0 Å². The number of thiophene rings is 1. The van der Waals surface area contributed by atoms with Gasteiger partial charge in [0.2, 0.25) is 15.9 Å². The zero-order chi connectivity index (χ0) is 21.7. The van der Waals surface area contributed by atoms with Gasteiger partial charge in [-0.3, -0.25) is 9.52 Å². The summed E-state index contributed by atoms with van der Waals surface area (Å²) in [6.45, 7) is 0. The number of benzene rings is 2. The van der Waals surface area contributed by atoms with Gasteiger partial charge in [0.25, 0.3) is 0 Å². The molecular weight excluding hydrogens is 427 g/mol. The topological polar surface area (TPSA) is 84.5 Å². The van der Waals surface area contributed by atoms with Crippen LogP contribution in [0.5, 0.6) is 5.75 Å². The Balaban J connectivity index is 1.67. The largest absolute Gasteiger partial charge is 0.494 e. The van der Waals surface area contributed by atoms with Gasteiger partial charge in [0.05, 0.1) is 19.1 Å². The summed E-state index contributed by atoms with van der Waals surface area (Å²) in [5, 5.41) is 2.70. The van der Waals surface area contributed by atoms with E-state index in [1.165, 1.54) is 48.8 Å². The second-order valence-electron chi connectivity index (χ2n) is 6.32. The van der Waals surface area contributed by atoms with Crippen molar-refractivity contribution in [3.8, 4) is 16.2 Å². The lowest BCUT2D eigenvalue weighted by Crippen LogP contribution is -2.11. The lowest BCUT2D eigenvalue weighted by Gasteiger charge is -2.11. The molecule has 0 spiro atoms. The number of nitrogens with one attached hydrogen (secondary N) is 2. The van der Waals surface area contributed by atoms with Gasteiger partial charge in [0.15, 0.2) is 0 Å². The van der Waals surface area contributed by atoms with E-state index in [0.717, 1.165) is 21.6 Å². The van der Waals surface area contributed by atoms with Crippen molar-refractivity contribution in [2.45, 2.75) is 0 Å². The van der Waals surface area contributed by atoms with Crippen LogP contribution in [0.1, 0.15) is 4.88 Å². The van der Waals surface area contributed by atoms with Crippen LogP contribution in [0.25, 0.3) is 16.5 Å². The fourth-order valence-electron chi connectivity index (χ4n) is 2.61. The van der Waals surface area contributed by atoms with Crippen molar-refractivity contribution in [3.05, 3.63) is 71.4 Å². The quantitative estimate of drug-likeness (QED) is 0.520. The highest BCUT2D eigenvalue weighted by molar-refractivity contribution is 7.92. The first-order valence-corrected chi connectivity index (χ1v) is 11.4. The smallest absolute Gasteiger partial charge is 0.248 e. The van der Waals surface area contributed by atoms with Crippen LogP contribution in [0.4, 0.5) is 15.8 Å². The maximum Gasteiger partial charge on any atom is 0.248 e. The lowest BCUT2D eigenvalue weighted by molar-refractivity contribution is -0.111. The van der Waals surface area contributed by atoms with E-state index in [1.807, 2.05) is 12.1 Å². The van der Waals surface area contributed by atoms with Crippen molar-refractivity contribution in [3.63, 3.8) is 0 Å². The zero-order valence-corrected chi connectivity index (χ0v) is 17.8. The fourth-order valence-corrected chi connectivity index (χ4v) is 4.09. The number of anilines is 2. The van der Waals surface area contributed by atoms with Crippen LogP contribution >= 0.6 is 11.3 Å². The number of ether oxygens (including phenoxy) is 1. The Bertz CT molecular complexity index is 1190. The van der Waals surface area contributed by atoms with Gasteiger partial charge in [-0.15, -0.1) is 11.3 Å². The van der Waals surface area contributed by atoms with Gasteiger partial charge >= 0.3 is 0 Å². The van der Waals surface area contributed by atoms with Crippen molar-refractivity contribution in [1.29, 1.82) is 0 Å². The molecule has 0 saturated heterocycles. The number of rotatable bonds is 7.